The zero-order valence-corrected chi connectivity index (χ0v) is 17.6. The van der Waals surface area contributed by atoms with Crippen LogP contribution in [0, 0.1) is 28.6 Å². The Bertz CT molecular complexity index is 1030. The van der Waals surface area contributed by atoms with E-state index in [9.17, 15) is 5.11 Å². The van der Waals surface area contributed by atoms with Crippen molar-refractivity contribution < 1.29 is 5.11 Å². The van der Waals surface area contributed by atoms with Crippen molar-refractivity contribution in [2.45, 2.75) is 64.9 Å². The zero-order valence-electron chi connectivity index (χ0n) is 17.6. The molecule has 2 fully saturated rings. The predicted molar refractivity (Wildman–Crippen MR) is 117 cm³/mol. The standard InChI is InChI=1S/C26H32N2O/c1-25-13-11-18(29)15-17(25)7-8-19-20-9-10-24(26(20,2)14-12-21(19)25)28-16-27-22-5-3-4-6-23(22)28/h3-7,10,16,18-21,29H,8-9,11-15H2,1-2H3/t18-,19?,20?,21?,25-,26-/m0/s1. The van der Waals surface area contributed by atoms with E-state index in [-0.39, 0.29) is 11.5 Å². The quantitative estimate of drug-likeness (QED) is 0.626. The minimum absolute atomic E-state index is 0.117. The fourth-order valence-corrected chi connectivity index (χ4v) is 7.71. The molecule has 152 valence electrons. The summed E-state index contributed by atoms with van der Waals surface area (Å²) in [7, 11) is 0. The van der Waals surface area contributed by atoms with E-state index in [4.69, 9.17) is 0 Å². The van der Waals surface area contributed by atoms with Gasteiger partial charge in [-0.15, -0.1) is 0 Å². The van der Waals surface area contributed by atoms with Gasteiger partial charge in [-0.05, 0) is 80.2 Å². The fourth-order valence-electron chi connectivity index (χ4n) is 7.71. The van der Waals surface area contributed by atoms with E-state index in [0.717, 1.165) is 42.5 Å². The number of hydrogen-bond acceptors (Lipinski definition) is 2. The lowest BCUT2D eigenvalue weighted by Gasteiger charge is -2.57. The number of aromatic nitrogens is 2. The van der Waals surface area contributed by atoms with Crippen LogP contribution in [-0.2, 0) is 0 Å². The Balaban J connectivity index is 1.36. The summed E-state index contributed by atoms with van der Waals surface area (Å²) in [6.07, 6.45) is 15.0. The highest BCUT2D eigenvalue weighted by Crippen LogP contribution is 2.65. The number of aliphatic hydroxyl groups excluding tert-OH is 1. The highest BCUT2D eigenvalue weighted by Gasteiger charge is 2.57. The Kier molecular flexibility index (Phi) is 3.76. The van der Waals surface area contributed by atoms with E-state index in [1.807, 2.05) is 6.33 Å². The molecule has 0 radical (unpaired) electrons. The van der Waals surface area contributed by atoms with Crippen molar-refractivity contribution in [3.05, 3.63) is 48.3 Å². The second-order valence-electron chi connectivity index (χ2n) is 10.5. The van der Waals surface area contributed by atoms with Crippen molar-refractivity contribution in [1.82, 2.24) is 9.55 Å². The van der Waals surface area contributed by atoms with Crippen LogP contribution in [0.1, 0.15) is 58.8 Å². The number of aliphatic hydroxyl groups is 1. The molecular formula is C26H32N2O. The molecule has 1 heterocycles. The molecule has 0 spiro atoms. The van der Waals surface area contributed by atoms with Crippen molar-refractivity contribution in [1.29, 1.82) is 0 Å². The van der Waals surface area contributed by atoms with E-state index >= 15 is 0 Å². The molecular weight excluding hydrogens is 356 g/mol. The molecule has 29 heavy (non-hydrogen) atoms. The SMILES string of the molecule is C[C@]12CC[C@H](O)CC1=CCC1C2CC[C@]2(C)C(n3cnc4ccccc43)=CCC12. The van der Waals surface area contributed by atoms with Gasteiger partial charge < -0.3 is 9.67 Å². The van der Waals surface area contributed by atoms with Gasteiger partial charge in [-0.25, -0.2) is 4.98 Å². The molecule has 0 aliphatic heterocycles. The summed E-state index contributed by atoms with van der Waals surface area (Å²) in [6.45, 7) is 5.03. The maximum absolute atomic E-state index is 10.2. The number of allylic oxidation sites excluding steroid dienone is 3. The van der Waals surface area contributed by atoms with Crippen LogP contribution in [0.15, 0.2) is 48.3 Å². The van der Waals surface area contributed by atoms with Crippen LogP contribution in [0.5, 0.6) is 0 Å². The summed E-state index contributed by atoms with van der Waals surface area (Å²) in [5, 5.41) is 10.2. The van der Waals surface area contributed by atoms with E-state index in [1.165, 1.54) is 36.9 Å². The maximum Gasteiger partial charge on any atom is 0.100 e. The molecule has 0 saturated heterocycles. The highest BCUT2D eigenvalue weighted by atomic mass is 16.3. The molecule has 2 aromatic rings. The lowest BCUT2D eigenvalue weighted by molar-refractivity contribution is -0.0249. The van der Waals surface area contributed by atoms with E-state index in [0.29, 0.717) is 5.41 Å². The third-order valence-corrected chi connectivity index (χ3v) is 9.33. The van der Waals surface area contributed by atoms with Crippen molar-refractivity contribution in [2.24, 2.45) is 28.6 Å². The number of nitrogens with zero attached hydrogens (tertiary/aromatic N) is 2. The number of rotatable bonds is 1. The first kappa shape index (κ1) is 17.9. The van der Waals surface area contributed by atoms with Gasteiger partial charge in [-0.2, -0.15) is 0 Å². The number of fused-ring (bicyclic) bond motifs is 6. The molecule has 1 N–H and O–H groups in total. The summed E-state index contributed by atoms with van der Waals surface area (Å²) in [4.78, 5) is 4.67. The van der Waals surface area contributed by atoms with Crippen molar-refractivity contribution >= 4 is 16.7 Å². The summed E-state index contributed by atoms with van der Waals surface area (Å²) in [5.41, 5.74) is 5.92. The minimum Gasteiger partial charge on any atom is -0.393 e. The van der Waals surface area contributed by atoms with Crippen LogP contribution in [-0.4, -0.2) is 20.8 Å². The lowest BCUT2D eigenvalue weighted by atomic mass is 9.48. The van der Waals surface area contributed by atoms with Crippen LogP contribution in [0.25, 0.3) is 16.7 Å². The van der Waals surface area contributed by atoms with Crippen LogP contribution in [0.2, 0.25) is 0 Å². The molecule has 0 bridgehead atoms. The molecule has 3 nitrogen and oxygen atoms in total. The molecule has 1 aromatic carbocycles. The van der Waals surface area contributed by atoms with Gasteiger partial charge in [0.2, 0.25) is 0 Å². The van der Waals surface area contributed by atoms with Crippen LogP contribution in [0.4, 0.5) is 0 Å². The van der Waals surface area contributed by atoms with Gasteiger partial charge in [-0.3, -0.25) is 0 Å². The summed E-state index contributed by atoms with van der Waals surface area (Å²) >= 11 is 0. The van der Waals surface area contributed by atoms with Gasteiger partial charge in [0, 0.05) is 11.1 Å². The Labute approximate surface area is 173 Å². The van der Waals surface area contributed by atoms with Gasteiger partial charge in [0.05, 0.1) is 17.1 Å². The van der Waals surface area contributed by atoms with Crippen LogP contribution >= 0.6 is 0 Å². The molecule has 1 aromatic heterocycles. The average molecular weight is 389 g/mol. The molecule has 0 amide bonds. The summed E-state index contributed by atoms with van der Waals surface area (Å²) in [6, 6.07) is 8.52. The predicted octanol–water partition coefficient (Wildman–Crippen LogP) is 5.81. The largest absolute Gasteiger partial charge is 0.393 e. The Hall–Kier alpha value is -1.87. The molecule has 6 rings (SSSR count). The van der Waals surface area contributed by atoms with E-state index < -0.39 is 0 Å². The molecule has 3 unspecified atom stereocenters. The molecule has 6 atom stereocenters. The third kappa shape index (κ3) is 2.37. The van der Waals surface area contributed by atoms with Crippen molar-refractivity contribution in [3.63, 3.8) is 0 Å². The van der Waals surface area contributed by atoms with Crippen molar-refractivity contribution in [2.75, 3.05) is 0 Å². The molecule has 4 aliphatic carbocycles. The lowest BCUT2D eigenvalue weighted by Crippen LogP contribution is -2.50. The third-order valence-electron chi connectivity index (χ3n) is 9.33. The van der Waals surface area contributed by atoms with E-state index in [1.54, 1.807) is 5.57 Å². The van der Waals surface area contributed by atoms with Gasteiger partial charge in [0.1, 0.15) is 6.33 Å². The second-order valence-corrected chi connectivity index (χ2v) is 10.5. The first-order valence-electron chi connectivity index (χ1n) is 11.5. The minimum atomic E-state index is -0.117. The number of imidazole rings is 1. The average Bonchev–Trinajstić information content (AvgIpc) is 3.29. The van der Waals surface area contributed by atoms with Crippen LogP contribution in [0.3, 0.4) is 0 Å². The smallest absolute Gasteiger partial charge is 0.100 e. The normalized spacial score (nSPS) is 41.3. The Morgan fingerprint density at radius 2 is 1.83 bits per heavy atom. The fraction of sp³-hybridized carbons (Fsp3) is 0.577. The maximum atomic E-state index is 10.2. The first-order chi connectivity index (χ1) is 14.0. The van der Waals surface area contributed by atoms with Crippen LogP contribution < -0.4 is 0 Å². The Morgan fingerprint density at radius 3 is 2.72 bits per heavy atom. The highest BCUT2D eigenvalue weighted by molar-refractivity contribution is 5.80. The zero-order chi connectivity index (χ0) is 19.8. The number of benzene rings is 1. The van der Waals surface area contributed by atoms with Gasteiger partial charge in [-0.1, -0.05) is 43.7 Å². The first-order valence-corrected chi connectivity index (χ1v) is 11.5. The summed E-state index contributed by atoms with van der Waals surface area (Å²) in [5.74, 6) is 2.26. The van der Waals surface area contributed by atoms with Gasteiger partial charge >= 0.3 is 0 Å². The van der Waals surface area contributed by atoms with E-state index in [2.05, 4.69) is 59.8 Å². The molecule has 2 saturated carbocycles. The Morgan fingerprint density at radius 1 is 1.00 bits per heavy atom. The molecule has 4 aliphatic rings. The number of hydrogen-bond donors (Lipinski definition) is 1. The summed E-state index contributed by atoms with van der Waals surface area (Å²) < 4.78 is 2.37. The topological polar surface area (TPSA) is 38.0 Å². The second kappa shape index (κ2) is 6.07. The monoisotopic (exact) mass is 388 g/mol. The van der Waals surface area contributed by atoms with Crippen molar-refractivity contribution in [3.8, 4) is 0 Å². The van der Waals surface area contributed by atoms with Gasteiger partial charge in [0.15, 0.2) is 0 Å². The van der Waals surface area contributed by atoms with Gasteiger partial charge in [0.25, 0.3) is 0 Å². The molecule has 3 heteroatoms. The number of para-hydroxylation sites is 2.